The Morgan fingerprint density at radius 2 is 1.89 bits per heavy atom. The lowest BCUT2D eigenvalue weighted by Gasteiger charge is -2.24. The highest BCUT2D eigenvalue weighted by Crippen LogP contribution is 2.37. The van der Waals surface area contributed by atoms with Crippen LogP contribution in [0.1, 0.15) is 5.56 Å². The normalized spacial score (nSPS) is 17.0. The van der Waals surface area contributed by atoms with E-state index in [1.807, 2.05) is 0 Å². The van der Waals surface area contributed by atoms with Gasteiger partial charge in [-0.25, -0.2) is 5.43 Å². The summed E-state index contributed by atoms with van der Waals surface area (Å²) in [5.74, 6) is 1.13. The van der Waals surface area contributed by atoms with Gasteiger partial charge in [0.1, 0.15) is 6.61 Å². The fraction of sp³-hybridized carbons (Fsp3) is 0.176. The van der Waals surface area contributed by atoms with Crippen LogP contribution in [0.5, 0.6) is 23.0 Å². The molecule has 0 aliphatic carbocycles. The topological polar surface area (TPSA) is 122 Å². The molecule has 0 saturated carbocycles. The number of benzene rings is 2. The SMILES string of the molecule is O=C(NN=Cc1cc2c(cc1[N+](=O)[O-])OCO2)[C@@H]1COc2ccccc2O1. The fourth-order valence-electron chi connectivity index (χ4n) is 2.59. The zero-order chi connectivity index (χ0) is 18.8. The minimum absolute atomic E-state index is 0.00961. The molecule has 2 heterocycles. The van der Waals surface area contributed by atoms with E-state index >= 15 is 0 Å². The molecule has 1 N–H and O–H groups in total. The summed E-state index contributed by atoms with van der Waals surface area (Å²) in [7, 11) is 0. The number of nitro benzene ring substituents is 1. The van der Waals surface area contributed by atoms with Crippen LogP contribution in [-0.2, 0) is 4.79 Å². The molecule has 0 fully saturated rings. The van der Waals surface area contributed by atoms with Crippen molar-refractivity contribution in [1.82, 2.24) is 5.43 Å². The molecule has 0 aromatic heterocycles. The lowest BCUT2D eigenvalue weighted by Crippen LogP contribution is -2.42. The van der Waals surface area contributed by atoms with E-state index < -0.39 is 16.9 Å². The first kappa shape index (κ1) is 16.6. The number of amides is 1. The second kappa shape index (κ2) is 6.83. The highest BCUT2D eigenvalue weighted by molar-refractivity contribution is 5.89. The number of carbonyl (C=O) groups excluding carboxylic acids is 1. The van der Waals surface area contributed by atoms with Crippen molar-refractivity contribution in [3.05, 3.63) is 52.1 Å². The Morgan fingerprint density at radius 1 is 1.15 bits per heavy atom. The minimum atomic E-state index is -0.885. The molecule has 2 aromatic carbocycles. The molecule has 2 aliphatic heterocycles. The van der Waals surface area contributed by atoms with Crippen LogP contribution in [0.15, 0.2) is 41.5 Å². The summed E-state index contributed by atoms with van der Waals surface area (Å²) in [4.78, 5) is 22.8. The lowest BCUT2D eigenvalue weighted by atomic mass is 10.1. The van der Waals surface area contributed by atoms with Gasteiger partial charge in [0.15, 0.2) is 23.0 Å². The van der Waals surface area contributed by atoms with E-state index in [0.29, 0.717) is 17.2 Å². The third-order valence-corrected chi connectivity index (χ3v) is 3.90. The van der Waals surface area contributed by atoms with Gasteiger partial charge in [0.05, 0.1) is 22.8 Å². The molecule has 4 rings (SSSR count). The van der Waals surface area contributed by atoms with E-state index in [2.05, 4.69) is 10.5 Å². The number of rotatable bonds is 4. The maximum absolute atomic E-state index is 12.2. The summed E-state index contributed by atoms with van der Waals surface area (Å²) >= 11 is 0. The largest absolute Gasteiger partial charge is 0.485 e. The van der Waals surface area contributed by atoms with Gasteiger partial charge in [-0.15, -0.1) is 0 Å². The van der Waals surface area contributed by atoms with Gasteiger partial charge in [0, 0.05) is 0 Å². The predicted octanol–water partition coefficient (Wildman–Crippen LogP) is 1.61. The summed E-state index contributed by atoms with van der Waals surface area (Å²) in [6.45, 7) is 0.0207. The van der Waals surface area contributed by atoms with Crippen LogP contribution in [0.2, 0.25) is 0 Å². The Balaban J connectivity index is 1.45. The Kier molecular flexibility index (Phi) is 4.21. The molecule has 0 unspecified atom stereocenters. The monoisotopic (exact) mass is 371 g/mol. The van der Waals surface area contributed by atoms with Crippen molar-refractivity contribution in [2.75, 3.05) is 13.4 Å². The number of carbonyl (C=O) groups is 1. The van der Waals surface area contributed by atoms with Crippen molar-refractivity contribution in [1.29, 1.82) is 0 Å². The van der Waals surface area contributed by atoms with Crippen LogP contribution in [0.25, 0.3) is 0 Å². The first-order chi connectivity index (χ1) is 13.1. The van der Waals surface area contributed by atoms with Crippen LogP contribution in [0.3, 0.4) is 0 Å². The van der Waals surface area contributed by atoms with Gasteiger partial charge in [-0.1, -0.05) is 12.1 Å². The van der Waals surface area contributed by atoms with Crippen molar-refractivity contribution in [3.8, 4) is 23.0 Å². The molecule has 1 amide bonds. The average Bonchev–Trinajstić information content (AvgIpc) is 3.14. The average molecular weight is 371 g/mol. The number of hydrogen-bond acceptors (Lipinski definition) is 8. The van der Waals surface area contributed by atoms with E-state index in [1.54, 1.807) is 24.3 Å². The van der Waals surface area contributed by atoms with Crippen molar-refractivity contribution in [2.24, 2.45) is 5.10 Å². The van der Waals surface area contributed by atoms with Crippen LogP contribution in [-0.4, -0.2) is 36.5 Å². The maximum Gasteiger partial charge on any atom is 0.284 e. The fourth-order valence-corrected chi connectivity index (χ4v) is 2.59. The van der Waals surface area contributed by atoms with Gasteiger partial charge in [0.2, 0.25) is 12.9 Å². The van der Waals surface area contributed by atoms with Crippen LogP contribution in [0, 0.1) is 10.1 Å². The second-order valence-corrected chi connectivity index (χ2v) is 5.62. The molecule has 0 spiro atoms. The molecule has 1 atom stereocenters. The first-order valence-corrected chi connectivity index (χ1v) is 7.91. The molecule has 10 heteroatoms. The van der Waals surface area contributed by atoms with E-state index in [1.165, 1.54) is 12.1 Å². The van der Waals surface area contributed by atoms with Crippen molar-refractivity contribution >= 4 is 17.8 Å². The molecule has 0 radical (unpaired) electrons. The van der Waals surface area contributed by atoms with Crippen LogP contribution >= 0.6 is 0 Å². The second-order valence-electron chi connectivity index (χ2n) is 5.62. The Bertz CT molecular complexity index is 944. The van der Waals surface area contributed by atoms with Crippen LogP contribution < -0.4 is 24.4 Å². The third kappa shape index (κ3) is 3.32. The summed E-state index contributed by atoms with van der Waals surface area (Å²) in [5.41, 5.74) is 2.24. The Morgan fingerprint density at radius 3 is 2.67 bits per heavy atom. The molecule has 2 aromatic rings. The molecule has 2 aliphatic rings. The van der Waals surface area contributed by atoms with Gasteiger partial charge in [-0.3, -0.25) is 14.9 Å². The Labute approximate surface area is 152 Å². The number of nitro groups is 1. The summed E-state index contributed by atoms with van der Waals surface area (Å²) in [6.07, 6.45) is 0.277. The highest BCUT2D eigenvalue weighted by atomic mass is 16.7. The molecule has 0 bridgehead atoms. The number of ether oxygens (including phenoxy) is 4. The number of hydrazone groups is 1. The van der Waals surface area contributed by atoms with Crippen LogP contribution in [0.4, 0.5) is 5.69 Å². The number of para-hydroxylation sites is 2. The Hall–Kier alpha value is -3.82. The molecule has 138 valence electrons. The van der Waals surface area contributed by atoms with E-state index in [9.17, 15) is 14.9 Å². The highest BCUT2D eigenvalue weighted by Gasteiger charge is 2.27. The van der Waals surface area contributed by atoms with Gasteiger partial charge in [0.25, 0.3) is 11.6 Å². The van der Waals surface area contributed by atoms with Crippen molar-refractivity contribution in [3.63, 3.8) is 0 Å². The summed E-state index contributed by atoms with van der Waals surface area (Å²) < 4.78 is 21.4. The standard InChI is InChI=1S/C17H13N3O7/c21-17(16-8-24-12-3-1-2-4-13(12)27-16)19-18-7-10-5-14-15(26-9-25-14)6-11(10)20(22)23/h1-7,16H,8-9H2,(H,19,21)/t16-/m0/s1. The van der Waals surface area contributed by atoms with Gasteiger partial charge >= 0.3 is 0 Å². The molecular weight excluding hydrogens is 358 g/mol. The summed E-state index contributed by atoms with van der Waals surface area (Å²) in [6, 6.07) is 9.66. The summed E-state index contributed by atoms with van der Waals surface area (Å²) in [5, 5.41) is 15.0. The lowest BCUT2D eigenvalue weighted by molar-refractivity contribution is -0.385. The van der Waals surface area contributed by atoms with E-state index in [-0.39, 0.29) is 30.4 Å². The molecule has 0 saturated heterocycles. The van der Waals surface area contributed by atoms with E-state index in [4.69, 9.17) is 18.9 Å². The number of nitrogens with one attached hydrogen (secondary N) is 1. The van der Waals surface area contributed by atoms with Crippen molar-refractivity contribution < 1.29 is 28.7 Å². The minimum Gasteiger partial charge on any atom is -0.485 e. The number of nitrogens with zero attached hydrogens (tertiary/aromatic N) is 2. The first-order valence-electron chi connectivity index (χ1n) is 7.91. The molecule has 10 nitrogen and oxygen atoms in total. The van der Waals surface area contributed by atoms with Gasteiger partial charge in [-0.05, 0) is 18.2 Å². The molecular formula is C17H13N3O7. The van der Waals surface area contributed by atoms with Crippen molar-refractivity contribution in [2.45, 2.75) is 6.10 Å². The van der Waals surface area contributed by atoms with E-state index in [0.717, 1.165) is 6.21 Å². The molecule has 27 heavy (non-hydrogen) atoms. The van der Waals surface area contributed by atoms with Gasteiger partial charge in [-0.2, -0.15) is 5.10 Å². The zero-order valence-corrected chi connectivity index (χ0v) is 13.8. The van der Waals surface area contributed by atoms with Gasteiger partial charge < -0.3 is 18.9 Å². The quantitative estimate of drug-likeness (QED) is 0.492. The smallest absolute Gasteiger partial charge is 0.284 e. The predicted molar refractivity (Wildman–Crippen MR) is 91.3 cm³/mol. The maximum atomic E-state index is 12.2. The number of fused-ring (bicyclic) bond motifs is 2. The number of hydrogen-bond donors (Lipinski definition) is 1. The third-order valence-electron chi connectivity index (χ3n) is 3.90. The zero-order valence-electron chi connectivity index (χ0n) is 13.8.